The van der Waals surface area contributed by atoms with Gasteiger partial charge in [-0.05, 0) is 44.0 Å². The highest BCUT2D eigenvalue weighted by Crippen LogP contribution is 2.33. The number of anilines is 1. The normalized spacial score (nSPS) is 14.1. The summed E-state index contributed by atoms with van der Waals surface area (Å²) in [6.45, 7) is 2.53. The number of ketones is 1. The molecule has 4 rings (SSSR count). The number of Topliss-reactive ketones (excluding diaryl/α,β-unsaturated/α-hetero) is 1. The molecule has 1 aromatic heterocycles. The molecule has 1 fully saturated rings. The third kappa shape index (κ3) is 5.73. The molecule has 180 valence electrons. The quantitative estimate of drug-likeness (QED) is 0.295. The van der Waals surface area contributed by atoms with E-state index in [1.54, 1.807) is 14.2 Å². The number of thioether (sulfide) groups is 1. The van der Waals surface area contributed by atoms with Crippen LogP contribution in [-0.4, -0.2) is 40.5 Å². The molecule has 0 bridgehead atoms. The Balaban J connectivity index is 1.52. The first-order chi connectivity index (χ1) is 16.6. The molecular weight excluding hydrogens is 448 g/mol. The number of nitrogens with zero attached hydrogens (tertiary/aromatic N) is 3. The molecule has 0 radical (unpaired) electrons. The van der Waals surface area contributed by atoms with E-state index in [0.717, 1.165) is 40.8 Å². The summed E-state index contributed by atoms with van der Waals surface area (Å²) < 4.78 is 13.0. The Morgan fingerprint density at radius 1 is 1.09 bits per heavy atom. The van der Waals surface area contributed by atoms with E-state index in [0.29, 0.717) is 23.9 Å². The number of methoxy groups -OCH3 is 2. The molecule has 1 N–H and O–H groups in total. The first-order valence-electron chi connectivity index (χ1n) is 11.7. The maximum Gasteiger partial charge on any atom is 0.191 e. The molecule has 1 aliphatic rings. The number of rotatable bonds is 10. The number of ether oxygens (including phenoxy) is 2. The van der Waals surface area contributed by atoms with Gasteiger partial charge in [-0.1, -0.05) is 48.7 Å². The molecular formula is C26H32N4O3S. The van der Waals surface area contributed by atoms with Crippen molar-refractivity contribution in [2.45, 2.75) is 56.8 Å². The molecule has 1 aliphatic carbocycles. The lowest BCUT2D eigenvalue weighted by Crippen LogP contribution is -2.18. The van der Waals surface area contributed by atoms with Gasteiger partial charge >= 0.3 is 0 Å². The number of benzene rings is 2. The third-order valence-electron chi connectivity index (χ3n) is 6.18. The van der Waals surface area contributed by atoms with Crippen molar-refractivity contribution in [3.8, 4) is 11.5 Å². The summed E-state index contributed by atoms with van der Waals surface area (Å²) in [7, 11) is 3.26. The van der Waals surface area contributed by atoms with Crippen LogP contribution >= 0.6 is 11.8 Å². The zero-order valence-electron chi connectivity index (χ0n) is 20.0. The van der Waals surface area contributed by atoms with Crippen LogP contribution in [0.15, 0.2) is 47.6 Å². The Labute approximate surface area is 205 Å². The second-order valence-corrected chi connectivity index (χ2v) is 9.50. The Bertz CT molecular complexity index is 1120. The lowest BCUT2D eigenvalue weighted by molar-refractivity contribution is 0.101. The molecule has 0 amide bonds. The minimum Gasteiger partial charge on any atom is -0.497 e. The van der Waals surface area contributed by atoms with E-state index >= 15 is 0 Å². The molecule has 0 saturated heterocycles. The molecule has 0 atom stereocenters. The summed E-state index contributed by atoms with van der Waals surface area (Å²) in [5.41, 5.74) is 2.61. The van der Waals surface area contributed by atoms with E-state index in [2.05, 4.69) is 20.1 Å². The minimum atomic E-state index is 0.0276. The van der Waals surface area contributed by atoms with Crippen LogP contribution in [0.4, 0.5) is 5.69 Å². The summed E-state index contributed by atoms with van der Waals surface area (Å²) >= 11 is 1.45. The number of carbonyl (C=O) groups is 1. The molecule has 3 aromatic rings. The maximum atomic E-state index is 13.0. The fourth-order valence-corrected chi connectivity index (χ4v) is 5.30. The Hall–Kier alpha value is -3.00. The standard InChI is InChI=1S/C26H32N4O3S/c1-18-12-13-24(33-3)22(14-18)23(31)17-34-26-29-28-25(30(26)20-9-5-4-6-10-20)16-27-19-8-7-11-21(15-19)32-2/h7-8,11-15,20,27H,4-6,9-10,16-17H2,1-3H3. The third-order valence-corrected chi connectivity index (χ3v) is 7.13. The van der Waals surface area contributed by atoms with Crippen molar-refractivity contribution in [2.24, 2.45) is 0 Å². The van der Waals surface area contributed by atoms with E-state index in [4.69, 9.17) is 9.47 Å². The molecule has 0 aliphatic heterocycles. The molecule has 7 nitrogen and oxygen atoms in total. The average Bonchev–Trinajstić information content (AvgIpc) is 3.29. The van der Waals surface area contributed by atoms with Gasteiger partial charge in [0.1, 0.15) is 11.5 Å². The Kier molecular flexibility index (Phi) is 8.11. The number of aromatic nitrogens is 3. The zero-order valence-corrected chi connectivity index (χ0v) is 20.9. The number of carbonyl (C=O) groups excluding carboxylic acids is 1. The second kappa shape index (κ2) is 11.4. The predicted octanol–water partition coefficient (Wildman–Crippen LogP) is 5.70. The molecule has 1 saturated carbocycles. The van der Waals surface area contributed by atoms with Gasteiger partial charge in [0.2, 0.25) is 0 Å². The highest BCUT2D eigenvalue weighted by Gasteiger charge is 2.24. The lowest BCUT2D eigenvalue weighted by atomic mass is 9.95. The van der Waals surface area contributed by atoms with Crippen molar-refractivity contribution in [3.63, 3.8) is 0 Å². The molecule has 34 heavy (non-hydrogen) atoms. The highest BCUT2D eigenvalue weighted by molar-refractivity contribution is 7.99. The van der Waals surface area contributed by atoms with Gasteiger partial charge < -0.3 is 19.4 Å². The van der Waals surface area contributed by atoms with E-state index in [1.165, 1.54) is 31.0 Å². The van der Waals surface area contributed by atoms with Gasteiger partial charge in [-0.15, -0.1) is 10.2 Å². The smallest absolute Gasteiger partial charge is 0.191 e. The van der Waals surface area contributed by atoms with Gasteiger partial charge in [0, 0.05) is 17.8 Å². The van der Waals surface area contributed by atoms with Crippen molar-refractivity contribution in [1.82, 2.24) is 14.8 Å². The van der Waals surface area contributed by atoms with Gasteiger partial charge in [-0.3, -0.25) is 4.79 Å². The van der Waals surface area contributed by atoms with E-state index < -0.39 is 0 Å². The van der Waals surface area contributed by atoms with Gasteiger partial charge in [-0.2, -0.15) is 0 Å². The highest BCUT2D eigenvalue weighted by atomic mass is 32.2. The molecule has 0 spiro atoms. The van der Waals surface area contributed by atoms with E-state index in [9.17, 15) is 4.79 Å². The molecule has 0 unspecified atom stereocenters. The van der Waals surface area contributed by atoms with Crippen LogP contribution < -0.4 is 14.8 Å². The van der Waals surface area contributed by atoms with Gasteiger partial charge in [0.15, 0.2) is 16.8 Å². The van der Waals surface area contributed by atoms with Crippen molar-refractivity contribution in [2.75, 3.05) is 25.3 Å². The maximum absolute atomic E-state index is 13.0. The Morgan fingerprint density at radius 3 is 2.68 bits per heavy atom. The largest absolute Gasteiger partial charge is 0.497 e. The summed E-state index contributed by atoms with van der Waals surface area (Å²) in [6.07, 6.45) is 5.89. The van der Waals surface area contributed by atoms with Crippen molar-refractivity contribution in [3.05, 3.63) is 59.4 Å². The van der Waals surface area contributed by atoms with Crippen LogP contribution in [0.3, 0.4) is 0 Å². The van der Waals surface area contributed by atoms with Crippen LogP contribution in [-0.2, 0) is 6.54 Å². The summed E-state index contributed by atoms with van der Waals surface area (Å²) in [6, 6.07) is 13.9. The van der Waals surface area contributed by atoms with E-state index in [-0.39, 0.29) is 11.5 Å². The van der Waals surface area contributed by atoms with Crippen LogP contribution in [0.25, 0.3) is 0 Å². The first kappa shape index (κ1) is 24.1. The molecule has 2 aromatic carbocycles. The number of hydrogen-bond acceptors (Lipinski definition) is 7. The zero-order chi connectivity index (χ0) is 23.9. The van der Waals surface area contributed by atoms with Crippen LogP contribution in [0.1, 0.15) is 59.9 Å². The number of nitrogens with one attached hydrogen (secondary N) is 1. The topological polar surface area (TPSA) is 78.3 Å². The first-order valence-corrected chi connectivity index (χ1v) is 12.7. The van der Waals surface area contributed by atoms with Gasteiger partial charge in [0.05, 0.1) is 32.1 Å². The van der Waals surface area contributed by atoms with Crippen LogP contribution in [0.5, 0.6) is 11.5 Å². The summed E-state index contributed by atoms with van der Waals surface area (Å²) in [4.78, 5) is 13.0. The molecule has 1 heterocycles. The van der Waals surface area contributed by atoms with E-state index in [1.807, 2.05) is 49.4 Å². The minimum absolute atomic E-state index is 0.0276. The lowest BCUT2D eigenvalue weighted by Gasteiger charge is -2.25. The number of aryl methyl sites for hydroxylation is 1. The predicted molar refractivity (Wildman–Crippen MR) is 135 cm³/mol. The van der Waals surface area contributed by atoms with Crippen molar-refractivity contribution < 1.29 is 14.3 Å². The fourth-order valence-electron chi connectivity index (χ4n) is 4.39. The second-order valence-electron chi connectivity index (χ2n) is 8.56. The summed E-state index contributed by atoms with van der Waals surface area (Å²) in [5.74, 6) is 2.61. The van der Waals surface area contributed by atoms with Gasteiger partial charge in [0.25, 0.3) is 0 Å². The van der Waals surface area contributed by atoms with Gasteiger partial charge in [-0.25, -0.2) is 0 Å². The fraction of sp³-hybridized carbons (Fsp3) is 0.423. The molecule has 8 heteroatoms. The number of hydrogen-bond donors (Lipinski definition) is 1. The SMILES string of the molecule is COc1cccc(NCc2nnc(SCC(=O)c3cc(C)ccc3OC)n2C2CCCCC2)c1. The monoisotopic (exact) mass is 480 g/mol. The average molecular weight is 481 g/mol. The van der Waals surface area contributed by atoms with Crippen LogP contribution in [0, 0.1) is 6.92 Å². The summed E-state index contributed by atoms with van der Waals surface area (Å²) in [5, 5.41) is 13.2. The Morgan fingerprint density at radius 2 is 1.91 bits per heavy atom. The van der Waals surface area contributed by atoms with Crippen LogP contribution in [0.2, 0.25) is 0 Å². The van der Waals surface area contributed by atoms with Crippen molar-refractivity contribution in [1.29, 1.82) is 0 Å². The van der Waals surface area contributed by atoms with Crippen molar-refractivity contribution >= 4 is 23.2 Å².